The largest absolute Gasteiger partial charge is 0.497 e. The fourth-order valence-corrected chi connectivity index (χ4v) is 5.55. The molecule has 0 unspecified atom stereocenters. The molecule has 6 heteroatoms. The summed E-state index contributed by atoms with van der Waals surface area (Å²) in [5.74, 6) is 0.847. The molecule has 1 aliphatic rings. The van der Waals surface area contributed by atoms with Crippen LogP contribution in [0, 0.1) is 0 Å². The van der Waals surface area contributed by atoms with Crippen LogP contribution < -0.4 is 24.8 Å². The van der Waals surface area contributed by atoms with Gasteiger partial charge in [-0.25, -0.2) is 0 Å². The third-order valence-electron chi connectivity index (χ3n) is 6.22. The Kier molecular flexibility index (Phi) is 6.84. The molecule has 0 bridgehead atoms. The molecule has 1 N–H and O–H groups in total. The van der Waals surface area contributed by atoms with Gasteiger partial charge in [0, 0.05) is 53.9 Å². The molecule has 1 aromatic heterocycles. The van der Waals surface area contributed by atoms with Crippen LogP contribution in [0.25, 0.3) is 16.6 Å². The van der Waals surface area contributed by atoms with Crippen molar-refractivity contribution >= 4 is 28.9 Å². The lowest BCUT2D eigenvalue weighted by Crippen LogP contribution is -2.35. The maximum atomic E-state index is 5.45. The first-order chi connectivity index (χ1) is 17.1. The number of hydrogen-bond acceptors (Lipinski definition) is 6. The minimum atomic E-state index is 0.595. The molecular weight excluding hydrogens is 452 g/mol. The van der Waals surface area contributed by atoms with Gasteiger partial charge in [0.15, 0.2) is 0 Å². The molecule has 0 saturated heterocycles. The summed E-state index contributed by atoms with van der Waals surface area (Å²) in [6.45, 7) is 2.32. The number of fused-ring (bicyclic) bond motifs is 1. The van der Waals surface area contributed by atoms with Crippen molar-refractivity contribution in [3.8, 4) is 16.2 Å². The van der Waals surface area contributed by atoms with Gasteiger partial charge in [-0.15, -0.1) is 11.3 Å². The highest BCUT2D eigenvalue weighted by Gasteiger charge is 2.18. The zero-order valence-corrected chi connectivity index (χ0v) is 21.2. The van der Waals surface area contributed by atoms with E-state index in [-0.39, 0.29) is 0 Å². The molecule has 0 spiro atoms. The van der Waals surface area contributed by atoms with Crippen molar-refractivity contribution in [2.24, 2.45) is 4.99 Å². The lowest BCUT2D eigenvalue weighted by molar-refractivity contribution is 0.319. The molecule has 0 saturated carbocycles. The molecule has 35 heavy (non-hydrogen) atoms. The second kappa shape index (κ2) is 10.3. The van der Waals surface area contributed by atoms with Crippen LogP contribution in [0.2, 0.25) is 0 Å². The van der Waals surface area contributed by atoms with Crippen molar-refractivity contribution < 1.29 is 4.74 Å². The Morgan fingerprint density at radius 1 is 1.00 bits per heavy atom. The molecule has 5 nitrogen and oxygen atoms in total. The van der Waals surface area contributed by atoms with E-state index in [1.165, 1.54) is 26.8 Å². The van der Waals surface area contributed by atoms with Crippen molar-refractivity contribution in [3.05, 3.63) is 99.9 Å². The minimum absolute atomic E-state index is 0.595. The number of rotatable bonds is 8. The molecule has 4 aromatic rings. The van der Waals surface area contributed by atoms with Crippen molar-refractivity contribution in [2.45, 2.75) is 13.1 Å². The van der Waals surface area contributed by atoms with Crippen LogP contribution in [-0.2, 0) is 13.1 Å². The summed E-state index contributed by atoms with van der Waals surface area (Å²) >= 11 is 1.79. The van der Waals surface area contributed by atoms with Gasteiger partial charge >= 0.3 is 0 Å². The molecule has 0 radical (unpaired) electrons. The highest BCUT2D eigenvalue weighted by atomic mass is 32.1. The standard InChI is InChI=1S/C29H30N4OS/c1-30-23-14-12-22(13-15-23)28-26(18-32(2)17-21-8-5-4-6-9-21)27-19-33(20-31-29(27)35-28)24-10-7-11-25(16-24)34-3/h4-16,19,30H,17-18,20H2,1-3H3. The molecule has 0 fully saturated rings. The summed E-state index contributed by atoms with van der Waals surface area (Å²) in [6, 6.07) is 27.4. The number of anilines is 2. The Balaban J connectivity index is 1.56. The maximum Gasteiger partial charge on any atom is 0.122 e. The Morgan fingerprint density at radius 3 is 2.54 bits per heavy atom. The molecule has 5 rings (SSSR count). The second-order valence-electron chi connectivity index (χ2n) is 8.71. The smallest absolute Gasteiger partial charge is 0.122 e. The van der Waals surface area contributed by atoms with E-state index in [0.29, 0.717) is 6.67 Å². The number of nitrogens with one attached hydrogen (secondary N) is 1. The second-order valence-corrected chi connectivity index (χ2v) is 9.71. The van der Waals surface area contributed by atoms with Gasteiger partial charge in [0.2, 0.25) is 0 Å². The molecule has 0 atom stereocenters. The average molecular weight is 483 g/mol. The predicted molar refractivity (Wildman–Crippen MR) is 147 cm³/mol. The SMILES string of the molecule is CNc1ccc(-c2sc3c(c2CN(C)Cc2ccccc2)=CN(c2cccc(OC)c2)CN=3)cc1. The summed E-state index contributed by atoms with van der Waals surface area (Å²) in [5.41, 5.74) is 6.04. The van der Waals surface area contributed by atoms with E-state index in [9.17, 15) is 0 Å². The topological polar surface area (TPSA) is 40.1 Å². The van der Waals surface area contributed by atoms with E-state index in [0.717, 1.165) is 34.9 Å². The molecule has 1 aliphatic heterocycles. The van der Waals surface area contributed by atoms with Crippen molar-refractivity contribution in [3.63, 3.8) is 0 Å². The average Bonchev–Trinajstić information content (AvgIpc) is 3.26. The van der Waals surface area contributed by atoms with Gasteiger partial charge in [0.1, 0.15) is 17.1 Å². The third-order valence-corrected chi connectivity index (χ3v) is 7.45. The monoisotopic (exact) mass is 482 g/mol. The molecule has 178 valence electrons. The van der Waals surface area contributed by atoms with Gasteiger partial charge < -0.3 is 15.0 Å². The van der Waals surface area contributed by atoms with E-state index < -0.39 is 0 Å². The number of hydrogen-bond donors (Lipinski definition) is 1. The quantitative estimate of drug-likeness (QED) is 0.387. The van der Waals surface area contributed by atoms with Crippen molar-refractivity contribution in [2.75, 3.05) is 38.1 Å². The number of thiophene rings is 1. The highest BCUT2D eigenvalue weighted by Crippen LogP contribution is 2.29. The first kappa shape index (κ1) is 23.1. The first-order valence-electron chi connectivity index (χ1n) is 11.7. The maximum absolute atomic E-state index is 5.45. The van der Waals surface area contributed by atoms with E-state index in [2.05, 4.69) is 95.1 Å². The fourth-order valence-electron chi connectivity index (χ4n) is 4.40. The molecule has 3 aromatic carbocycles. The lowest BCUT2D eigenvalue weighted by Gasteiger charge is -2.22. The molecule has 2 heterocycles. The zero-order valence-electron chi connectivity index (χ0n) is 20.4. The van der Waals surface area contributed by atoms with Crippen LogP contribution in [0.5, 0.6) is 5.75 Å². The van der Waals surface area contributed by atoms with E-state index in [1.807, 2.05) is 19.2 Å². The van der Waals surface area contributed by atoms with Gasteiger partial charge in [-0.3, -0.25) is 9.89 Å². The fraction of sp³-hybridized carbons (Fsp3) is 0.207. The minimum Gasteiger partial charge on any atom is -0.497 e. The van der Waals surface area contributed by atoms with Gasteiger partial charge in [-0.05, 0) is 48.0 Å². The van der Waals surface area contributed by atoms with Crippen LogP contribution in [-0.4, -0.2) is 32.8 Å². The summed E-state index contributed by atoms with van der Waals surface area (Å²) in [7, 11) is 5.83. The number of nitrogens with zero attached hydrogens (tertiary/aromatic N) is 3. The van der Waals surface area contributed by atoms with Gasteiger partial charge in [0.05, 0.1) is 7.11 Å². The summed E-state index contributed by atoms with van der Waals surface area (Å²) in [6.07, 6.45) is 2.25. The summed E-state index contributed by atoms with van der Waals surface area (Å²) in [5, 5.41) is 4.42. The molecule has 0 amide bonds. The van der Waals surface area contributed by atoms with Crippen molar-refractivity contribution in [1.82, 2.24) is 4.90 Å². The normalized spacial score (nSPS) is 12.6. The van der Waals surface area contributed by atoms with Crippen LogP contribution in [0.15, 0.2) is 83.9 Å². The number of benzene rings is 3. The predicted octanol–water partition coefficient (Wildman–Crippen LogP) is 4.93. The van der Waals surface area contributed by atoms with Crippen LogP contribution in [0.4, 0.5) is 11.4 Å². The molecule has 0 aliphatic carbocycles. The van der Waals surface area contributed by atoms with Crippen molar-refractivity contribution in [1.29, 1.82) is 0 Å². The molecular formula is C29H30N4OS. The van der Waals surface area contributed by atoms with Crippen LogP contribution in [0.3, 0.4) is 0 Å². The third kappa shape index (κ3) is 5.09. The Labute approximate surface area is 210 Å². The van der Waals surface area contributed by atoms with Gasteiger partial charge in [-0.1, -0.05) is 48.5 Å². The first-order valence-corrected chi connectivity index (χ1v) is 12.6. The summed E-state index contributed by atoms with van der Waals surface area (Å²) < 4.78 is 6.55. The Hall–Kier alpha value is -3.61. The van der Waals surface area contributed by atoms with Gasteiger partial charge in [-0.2, -0.15) is 0 Å². The van der Waals surface area contributed by atoms with Crippen LogP contribution in [0.1, 0.15) is 11.1 Å². The van der Waals surface area contributed by atoms with Gasteiger partial charge in [0.25, 0.3) is 0 Å². The highest BCUT2D eigenvalue weighted by molar-refractivity contribution is 7.13. The Bertz CT molecular complexity index is 1410. The van der Waals surface area contributed by atoms with Crippen LogP contribution >= 0.6 is 11.3 Å². The van der Waals surface area contributed by atoms with E-state index in [4.69, 9.17) is 9.73 Å². The zero-order chi connectivity index (χ0) is 24.2. The number of ether oxygens (including phenoxy) is 1. The lowest BCUT2D eigenvalue weighted by atomic mass is 10.1. The van der Waals surface area contributed by atoms with E-state index >= 15 is 0 Å². The van der Waals surface area contributed by atoms with E-state index in [1.54, 1.807) is 18.4 Å². The Morgan fingerprint density at radius 2 is 1.80 bits per heavy atom. The summed E-state index contributed by atoms with van der Waals surface area (Å²) in [4.78, 5) is 10.8. The number of methoxy groups -OCH3 is 1.